The van der Waals surface area contributed by atoms with Gasteiger partial charge in [-0.1, -0.05) is 6.92 Å². The molecule has 2 heterocycles. The summed E-state index contributed by atoms with van der Waals surface area (Å²) in [7, 11) is -3.63. The highest BCUT2D eigenvalue weighted by molar-refractivity contribution is 7.85. The van der Waals surface area contributed by atoms with Crippen molar-refractivity contribution in [3.63, 3.8) is 0 Å². The first-order valence-corrected chi connectivity index (χ1v) is 12.9. The molecule has 0 saturated carbocycles. The number of carbonyl (C=O) groups is 1. The molecule has 0 radical (unpaired) electrons. The van der Waals surface area contributed by atoms with Crippen molar-refractivity contribution in [3.8, 4) is 11.4 Å². The summed E-state index contributed by atoms with van der Waals surface area (Å²) in [5.41, 5.74) is 1.12. The molecule has 3 rings (SSSR count). The molecule has 186 valence electrons. The van der Waals surface area contributed by atoms with Gasteiger partial charge in [-0.05, 0) is 51.5 Å². The van der Waals surface area contributed by atoms with Gasteiger partial charge in [-0.3, -0.25) is 9.50 Å². The van der Waals surface area contributed by atoms with Gasteiger partial charge in [-0.25, -0.2) is 14.8 Å². The first-order valence-electron chi connectivity index (χ1n) is 11.1. The van der Waals surface area contributed by atoms with Crippen LogP contribution in [0.4, 0.5) is 16.3 Å². The van der Waals surface area contributed by atoms with E-state index in [1.54, 1.807) is 51.1 Å². The number of carbonyl (C=O) groups excluding carboxylic acids is 1. The summed E-state index contributed by atoms with van der Waals surface area (Å²) in [5.74, 6) is 1.11. The minimum absolute atomic E-state index is 0.153. The maximum Gasteiger partial charge on any atom is 0.412 e. The van der Waals surface area contributed by atoms with E-state index in [-0.39, 0.29) is 12.6 Å². The Balaban J connectivity index is 1.89. The molecule has 1 aliphatic rings. The van der Waals surface area contributed by atoms with Gasteiger partial charge in [0.2, 0.25) is 0 Å². The van der Waals surface area contributed by atoms with Crippen molar-refractivity contribution in [2.24, 2.45) is 0 Å². The number of ether oxygens (including phenoxy) is 2. The number of benzene rings is 1. The van der Waals surface area contributed by atoms with Crippen molar-refractivity contribution in [1.29, 1.82) is 0 Å². The van der Waals surface area contributed by atoms with Gasteiger partial charge < -0.3 is 14.4 Å². The molecule has 0 spiro atoms. The molecule has 0 aliphatic carbocycles. The SMILES string of the molecule is CC[C@H]1COCCN1c1cc(COS(C)(=O)=O)nc(-c2ccc(NC(=O)OC(C)(C)C)cc2)n1. The quantitative estimate of drug-likeness (QED) is 0.578. The number of anilines is 2. The number of nitrogens with zero attached hydrogens (tertiary/aromatic N) is 3. The Morgan fingerprint density at radius 3 is 2.56 bits per heavy atom. The molecule has 1 aromatic carbocycles. The van der Waals surface area contributed by atoms with Crippen molar-refractivity contribution < 1.29 is 26.9 Å². The lowest BCUT2D eigenvalue weighted by Crippen LogP contribution is -2.45. The summed E-state index contributed by atoms with van der Waals surface area (Å²) in [6.45, 7) is 9.11. The Morgan fingerprint density at radius 2 is 1.94 bits per heavy atom. The van der Waals surface area contributed by atoms with E-state index in [1.165, 1.54) is 0 Å². The number of rotatable bonds is 7. The lowest BCUT2D eigenvalue weighted by Gasteiger charge is -2.36. The van der Waals surface area contributed by atoms with Crippen LogP contribution in [0.1, 0.15) is 39.8 Å². The van der Waals surface area contributed by atoms with Crippen LogP contribution in [0, 0.1) is 0 Å². The summed E-state index contributed by atoms with van der Waals surface area (Å²) >= 11 is 0. The van der Waals surface area contributed by atoms with E-state index in [9.17, 15) is 13.2 Å². The molecule has 1 aliphatic heterocycles. The highest BCUT2D eigenvalue weighted by Gasteiger charge is 2.24. The fourth-order valence-corrected chi connectivity index (χ4v) is 3.75. The molecule has 0 unspecified atom stereocenters. The fourth-order valence-electron chi connectivity index (χ4n) is 3.42. The topological polar surface area (TPSA) is 120 Å². The van der Waals surface area contributed by atoms with Gasteiger partial charge >= 0.3 is 6.09 Å². The predicted octanol–water partition coefficient (Wildman–Crippen LogP) is 3.58. The minimum atomic E-state index is -3.63. The highest BCUT2D eigenvalue weighted by atomic mass is 32.2. The van der Waals surface area contributed by atoms with Crippen LogP contribution in [0.2, 0.25) is 0 Å². The average Bonchev–Trinajstić information content (AvgIpc) is 2.76. The smallest absolute Gasteiger partial charge is 0.412 e. The largest absolute Gasteiger partial charge is 0.444 e. The van der Waals surface area contributed by atoms with Crippen LogP contribution in [0.5, 0.6) is 0 Å². The van der Waals surface area contributed by atoms with E-state index in [0.29, 0.717) is 48.3 Å². The van der Waals surface area contributed by atoms with E-state index < -0.39 is 21.8 Å². The molecule has 10 nitrogen and oxygen atoms in total. The number of hydrogen-bond acceptors (Lipinski definition) is 9. The molecule has 1 N–H and O–H groups in total. The standard InChI is InChI=1S/C23H32N4O6S/c1-6-19-15-31-12-11-27(19)20-13-18(14-32-34(5,29)30)24-21(26-20)16-7-9-17(10-8-16)25-22(28)33-23(2,3)4/h7-10,13,19H,6,11-12,14-15H2,1-5H3,(H,25,28)/t19-/m0/s1. The number of nitrogens with one attached hydrogen (secondary N) is 1. The Kier molecular flexibility index (Phi) is 8.11. The van der Waals surface area contributed by atoms with Gasteiger partial charge in [0, 0.05) is 23.9 Å². The third-order valence-electron chi connectivity index (χ3n) is 4.97. The predicted molar refractivity (Wildman–Crippen MR) is 129 cm³/mol. The molecular formula is C23H32N4O6S. The fraction of sp³-hybridized carbons (Fsp3) is 0.522. The van der Waals surface area contributed by atoms with E-state index >= 15 is 0 Å². The van der Waals surface area contributed by atoms with Gasteiger partial charge in [0.25, 0.3) is 10.1 Å². The van der Waals surface area contributed by atoms with Crippen molar-refractivity contribution in [2.75, 3.05) is 36.2 Å². The van der Waals surface area contributed by atoms with E-state index in [4.69, 9.17) is 18.6 Å². The van der Waals surface area contributed by atoms with Gasteiger partial charge in [-0.15, -0.1) is 0 Å². The van der Waals surface area contributed by atoms with Gasteiger partial charge in [0.05, 0.1) is 31.2 Å². The summed E-state index contributed by atoms with van der Waals surface area (Å²) in [4.78, 5) is 23.4. The molecule has 34 heavy (non-hydrogen) atoms. The minimum Gasteiger partial charge on any atom is -0.444 e. The van der Waals surface area contributed by atoms with Crippen molar-refractivity contribution in [1.82, 2.24) is 9.97 Å². The normalized spacial score (nSPS) is 16.9. The van der Waals surface area contributed by atoms with Crippen LogP contribution in [0.3, 0.4) is 0 Å². The van der Waals surface area contributed by atoms with Gasteiger partial charge in [0.15, 0.2) is 5.82 Å². The Morgan fingerprint density at radius 1 is 1.24 bits per heavy atom. The second kappa shape index (κ2) is 10.7. The Bertz CT molecular complexity index is 1100. The average molecular weight is 493 g/mol. The summed E-state index contributed by atoms with van der Waals surface area (Å²) in [6.07, 6.45) is 1.33. The second-order valence-corrected chi connectivity index (χ2v) is 10.7. The Hall–Kier alpha value is -2.76. The molecule has 2 aromatic rings. The molecule has 1 atom stereocenters. The lowest BCUT2D eigenvalue weighted by molar-refractivity contribution is 0.0636. The first kappa shape index (κ1) is 25.9. The van der Waals surface area contributed by atoms with Crippen LogP contribution in [0.25, 0.3) is 11.4 Å². The number of amides is 1. The molecule has 1 fully saturated rings. The zero-order valence-corrected chi connectivity index (χ0v) is 21.0. The zero-order chi connectivity index (χ0) is 24.9. The van der Waals surface area contributed by atoms with Crippen LogP contribution in [-0.4, -0.2) is 62.1 Å². The molecule has 1 aromatic heterocycles. The lowest BCUT2D eigenvalue weighted by atomic mass is 10.1. The molecule has 0 bridgehead atoms. The highest BCUT2D eigenvalue weighted by Crippen LogP contribution is 2.26. The van der Waals surface area contributed by atoms with Crippen LogP contribution < -0.4 is 10.2 Å². The molecule has 1 amide bonds. The van der Waals surface area contributed by atoms with Crippen LogP contribution in [-0.2, 0) is 30.4 Å². The monoisotopic (exact) mass is 492 g/mol. The van der Waals surface area contributed by atoms with Crippen LogP contribution in [0.15, 0.2) is 30.3 Å². The number of hydrogen-bond donors (Lipinski definition) is 1. The summed E-state index contributed by atoms with van der Waals surface area (Å²) < 4.78 is 38.9. The second-order valence-electron chi connectivity index (χ2n) is 9.04. The number of morpholine rings is 1. The third-order valence-corrected chi connectivity index (χ3v) is 5.51. The van der Waals surface area contributed by atoms with Crippen molar-refractivity contribution in [3.05, 3.63) is 36.0 Å². The molecular weight excluding hydrogens is 460 g/mol. The van der Waals surface area contributed by atoms with E-state index in [0.717, 1.165) is 12.7 Å². The van der Waals surface area contributed by atoms with E-state index in [2.05, 4.69) is 22.1 Å². The van der Waals surface area contributed by atoms with E-state index in [1.807, 2.05) is 0 Å². The molecule has 11 heteroatoms. The van der Waals surface area contributed by atoms with Gasteiger partial charge in [-0.2, -0.15) is 8.42 Å². The summed E-state index contributed by atoms with van der Waals surface area (Å²) in [5, 5.41) is 2.69. The van der Waals surface area contributed by atoms with Crippen molar-refractivity contribution >= 4 is 27.7 Å². The maximum absolute atomic E-state index is 12.0. The first-order chi connectivity index (χ1) is 15.9. The molecule has 1 saturated heterocycles. The number of aromatic nitrogens is 2. The summed E-state index contributed by atoms with van der Waals surface area (Å²) in [6, 6.07) is 8.92. The third kappa shape index (κ3) is 7.64. The maximum atomic E-state index is 12.0. The Labute approximate surface area is 200 Å². The zero-order valence-electron chi connectivity index (χ0n) is 20.2. The van der Waals surface area contributed by atoms with Gasteiger partial charge in [0.1, 0.15) is 18.0 Å². The van der Waals surface area contributed by atoms with Crippen LogP contribution >= 0.6 is 0 Å². The van der Waals surface area contributed by atoms with Crippen molar-refractivity contribution in [2.45, 2.75) is 52.4 Å².